The SMILES string of the molecule is CC(C)NC(=O)c1ccc(-c2ccc(-c3ccccc3)cc2)[nH]c1=O. The van der Waals surface area contributed by atoms with Gasteiger partial charge in [0.15, 0.2) is 0 Å². The summed E-state index contributed by atoms with van der Waals surface area (Å²) in [6.45, 7) is 3.71. The van der Waals surface area contributed by atoms with E-state index in [1.165, 1.54) is 0 Å². The molecule has 0 aliphatic heterocycles. The van der Waals surface area contributed by atoms with E-state index in [0.29, 0.717) is 5.69 Å². The molecule has 126 valence electrons. The zero-order chi connectivity index (χ0) is 17.8. The maximum absolute atomic E-state index is 12.2. The number of aromatic amines is 1. The van der Waals surface area contributed by atoms with E-state index < -0.39 is 0 Å². The van der Waals surface area contributed by atoms with Gasteiger partial charge >= 0.3 is 0 Å². The molecule has 0 aliphatic carbocycles. The van der Waals surface area contributed by atoms with Crippen LogP contribution in [0.2, 0.25) is 0 Å². The van der Waals surface area contributed by atoms with Crippen molar-refractivity contribution in [3.05, 3.63) is 82.6 Å². The van der Waals surface area contributed by atoms with E-state index in [2.05, 4.69) is 22.4 Å². The van der Waals surface area contributed by atoms with Gasteiger partial charge in [0, 0.05) is 11.7 Å². The first kappa shape index (κ1) is 16.7. The zero-order valence-electron chi connectivity index (χ0n) is 14.2. The molecule has 0 aliphatic rings. The van der Waals surface area contributed by atoms with Gasteiger partial charge in [-0.25, -0.2) is 0 Å². The first-order valence-corrected chi connectivity index (χ1v) is 8.24. The summed E-state index contributed by atoms with van der Waals surface area (Å²) in [5.41, 5.74) is 3.57. The third kappa shape index (κ3) is 3.86. The molecule has 1 aromatic heterocycles. The van der Waals surface area contributed by atoms with Gasteiger partial charge in [-0.15, -0.1) is 0 Å². The highest BCUT2D eigenvalue weighted by atomic mass is 16.2. The molecule has 3 rings (SSSR count). The molecule has 25 heavy (non-hydrogen) atoms. The van der Waals surface area contributed by atoms with Crippen LogP contribution in [0.15, 0.2) is 71.5 Å². The number of carbonyl (C=O) groups is 1. The molecule has 0 fully saturated rings. The van der Waals surface area contributed by atoms with Gasteiger partial charge in [-0.2, -0.15) is 0 Å². The molecule has 0 unspecified atom stereocenters. The third-order valence-electron chi connectivity index (χ3n) is 3.88. The van der Waals surface area contributed by atoms with Crippen LogP contribution in [0, 0.1) is 0 Å². The van der Waals surface area contributed by atoms with Gasteiger partial charge in [-0.05, 0) is 42.7 Å². The van der Waals surface area contributed by atoms with E-state index in [1.54, 1.807) is 12.1 Å². The Morgan fingerprint density at radius 2 is 1.44 bits per heavy atom. The average Bonchev–Trinajstić information content (AvgIpc) is 2.62. The average molecular weight is 332 g/mol. The Morgan fingerprint density at radius 3 is 2.04 bits per heavy atom. The molecule has 1 heterocycles. The third-order valence-corrected chi connectivity index (χ3v) is 3.88. The number of benzene rings is 2. The van der Waals surface area contributed by atoms with E-state index in [0.717, 1.165) is 16.7 Å². The Kier molecular flexibility index (Phi) is 4.80. The van der Waals surface area contributed by atoms with Gasteiger partial charge < -0.3 is 10.3 Å². The fourth-order valence-electron chi connectivity index (χ4n) is 2.63. The monoisotopic (exact) mass is 332 g/mol. The first-order valence-electron chi connectivity index (χ1n) is 8.24. The van der Waals surface area contributed by atoms with Gasteiger partial charge in [0.1, 0.15) is 5.56 Å². The lowest BCUT2D eigenvalue weighted by Crippen LogP contribution is -2.34. The van der Waals surface area contributed by atoms with E-state index >= 15 is 0 Å². The summed E-state index contributed by atoms with van der Waals surface area (Å²) in [6.07, 6.45) is 0. The summed E-state index contributed by atoms with van der Waals surface area (Å²) in [7, 11) is 0. The number of carbonyl (C=O) groups excluding carboxylic acids is 1. The van der Waals surface area contributed by atoms with Crippen molar-refractivity contribution in [2.75, 3.05) is 0 Å². The van der Waals surface area contributed by atoms with Gasteiger partial charge in [0.2, 0.25) is 0 Å². The topological polar surface area (TPSA) is 62.0 Å². The second kappa shape index (κ2) is 7.18. The van der Waals surface area contributed by atoms with Crippen molar-refractivity contribution in [1.82, 2.24) is 10.3 Å². The molecule has 2 N–H and O–H groups in total. The minimum atomic E-state index is -0.386. The van der Waals surface area contributed by atoms with Gasteiger partial charge in [0.25, 0.3) is 11.5 Å². The van der Waals surface area contributed by atoms with Crippen LogP contribution in [-0.4, -0.2) is 16.9 Å². The molecule has 0 atom stereocenters. The number of nitrogens with one attached hydrogen (secondary N) is 2. The molecule has 4 nitrogen and oxygen atoms in total. The quantitative estimate of drug-likeness (QED) is 0.762. The van der Waals surface area contributed by atoms with E-state index in [-0.39, 0.29) is 23.1 Å². The van der Waals surface area contributed by atoms with Crippen LogP contribution in [0.1, 0.15) is 24.2 Å². The Hall–Kier alpha value is -3.14. The lowest BCUT2D eigenvalue weighted by atomic mass is 10.0. The van der Waals surface area contributed by atoms with E-state index in [9.17, 15) is 9.59 Å². The molecule has 3 aromatic rings. The van der Waals surface area contributed by atoms with E-state index in [4.69, 9.17) is 0 Å². The number of H-pyrrole nitrogens is 1. The van der Waals surface area contributed by atoms with Gasteiger partial charge in [-0.3, -0.25) is 9.59 Å². The van der Waals surface area contributed by atoms with Crippen LogP contribution in [0.4, 0.5) is 0 Å². The largest absolute Gasteiger partial charge is 0.350 e. The minimum absolute atomic E-state index is 0.0166. The summed E-state index contributed by atoms with van der Waals surface area (Å²) < 4.78 is 0. The number of pyridine rings is 1. The summed E-state index contributed by atoms with van der Waals surface area (Å²) in [5.74, 6) is -0.359. The molecule has 2 aromatic carbocycles. The molecular weight excluding hydrogens is 312 g/mol. The fourth-order valence-corrected chi connectivity index (χ4v) is 2.63. The predicted octanol–water partition coefficient (Wildman–Crippen LogP) is 3.85. The highest BCUT2D eigenvalue weighted by molar-refractivity contribution is 5.94. The number of amides is 1. The predicted molar refractivity (Wildman–Crippen MR) is 101 cm³/mol. The van der Waals surface area contributed by atoms with E-state index in [1.807, 2.05) is 56.3 Å². The van der Waals surface area contributed by atoms with Crippen LogP contribution in [0.25, 0.3) is 22.4 Å². The van der Waals surface area contributed by atoms with Crippen LogP contribution in [0.5, 0.6) is 0 Å². The summed E-state index contributed by atoms with van der Waals surface area (Å²) >= 11 is 0. The summed E-state index contributed by atoms with van der Waals surface area (Å²) in [5, 5.41) is 2.73. The zero-order valence-corrected chi connectivity index (χ0v) is 14.2. The molecule has 0 saturated heterocycles. The van der Waals surface area contributed by atoms with Crippen molar-refractivity contribution in [3.63, 3.8) is 0 Å². The molecule has 0 spiro atoms. The first-order chi connectivity index (χ1) is 12.0. The van der Waals surface area contributed by atoms with Crippen LogP contribution < -0.4 is 10.9 Å². The number of aromatic nitrogens is 1. The Labute approximate surface area is 146 Å². The van der Waals surface area contributed by atoms with Gasteiger partial charge in [0.05, 0.1) is 0 Å². The molecule has 0 radical (unpaired) electrons. The maximum Gasteiger partial charge on any atom is 0.261 e. The molecule has 1 amide bonds. The normalized spacial score (nSPS) is 10.7. The second-order valence-electron chi connectivity index (χ2n) is 6.19. The van der Waals surface area contributed by atoms with Crippen LogP contribution in [-0.2, 0) is 0 Å². The summed E-state index contributed by atoms with van der Waals surface area (Å²) in [4.78, 5) is 27.0. The molecule has 0 bridgehead atoms. The lowest BCUT2D eigenvalue weighted by Gasteiger charge is -2.09. The van der Waals surface area contributed by atoms with Crippen LogP contribution >= 0.6 is 0 Å². The van der Waals surface area contributed by atoms with Crippen molar-refractivity contribution in [2.45, 2.75) is 19.9 Å². The smallest absolute Gasteiger partial charge is 0.261 e. The van der Waals surface area contributed by atoms with Crippen molar-refractivity contribution in [3.8, 4) is 22.4 Å². The highest BCUT2D eigenvalue weighted by Crippen LogP contribution is 2.23. The number of hydrogen-bond donors (Lipinski definition) is 2. The Morgan fingerprint density at radius 1 is 0.840 bits per heavy atom. The molecular formula is C21H20N2O2. The Bertz CT molecular complexity index is 926. The van der Waals surface area contributed by atoms with Crippen molar-refractivity contribution < 1.29 is 4.79 Å². The fraction of sp³-hybridized carbons (Fsp3) is 0.143. The van der Waals surface area contributed by atoms with Gasteiger partial charge in [-0.1, -0.05) is 54.6 Å². The molecule has 4 heteroatoms. The number of rotatable bonds is 4. The lowest BCUT2D eigenvalue weighted by molar-refractivity contribution is 0.0941. The Balaban J connectivity index is 1.86. The second-order valence-corrected chi connectivity index (χ2v) is 6.19. The number of hydrogen-bond acceptors (Lipinski definition) is 2. The maximum atomic E-state index is 12.2. The van der Waals surface area contributed by atoms with Crippen molar-refractivity contribution in [2.24, 2.45) is 0 Å². The van der Waals surface area contributed by atoms with Crippen molar-refractivity contribution >= 4 is 5.91 Å². The molecule has 0 saturated carbocycles. The van der Waals surface area contributed by atoms with Crippen LogP contribution in [0.3, 0.4) is 0 Å². The van der Waals surface area contributed by atoms with Crippen molar-refractivity contribution in [1.29, 1.82) is 0 Å². The summed E-state index contributed by atoms with van der Waals surface area (Å²) in [6, 6.07) is 21.4. The standard InChI is InChI=1S/C21H20N2O2/c1-14(2)22-20(24)18-12-13-19(23-21(18)25)17-10-8-16(9-11-17)15-6-4-3-5-7-15/h3-14H,1-2H3,(H,22,24)(H,23,25). The minimum Gasteiger partial charge on any atom is -0.350 e. The highest BCUT2D eigenvalue weighted by Gasteiger charge is 2.12.